The van der Waals surface area contributed by atoms with Crippen molar-refractivity contribution in [2.75, 3.05) is 23.8 Å². The molecule has 0 aliphatic carbocycles. The van der Waals surface area contributed by atoms with Gasteiger partial charge in [0.1, 0.15) is 11.6 Å². The van der Waals surface area contributed by atoms with Crippen molar-refractivity contribution in [1.82, 2.24) is 9.97 Å². The average molecular weight is 256 g/mol. The van der Waals surface area contributed by atoms with E-state index in [0.717, 1.165) is 24.7 Å². The van der Waals surface area contributed by atoms with E-state index in [1.807, 2.05) is 14.0 Å². The molecule has 100 valence electrons. The van der Waals surface area contributed by atoms with Gasteiger partial charge in [-0.05, 0) is 19.4 Å². The van der Waals surface area contributed by atoms with Crippen LogP contribution in [0.25, 0.3) is 0 Å². The highest BCUT2D eigenvalue weighted by atomic mass is 15.2. The molecule has 0 atom stereocenters. The first-order valence-corrected chi connectivity index (χ1v) is 6.51. The molecule has 0 radical (unpaired) electrons. The Morgan fingerprint density at radius 3 is 2.58 bits per heavy atom. The maximum absolute atomic E-state index is 4.53. The number of hydrogen-bond acceptors (Lipinski definition) is 4. The molecule has 0 bridgehead atoms. The minimum absolute atomic E-state index is 0.816. The first-order valence-electron chi connectivity index (χ1n) is 6.51. The molecule has 4 heteroatoms. The van der Waals surface area contributed by atoms with Gasteiger partial charge < -0.3 is 10.2 Å². The van der Waals surface area contributed by atoms with Crippen LogP contribution in [0.4, 0.5) is 11.6 Å². The van der Waals surface area contributed by atoms with E-state index in [1.54, 1.807) is 12.4 Å². The van der Waals surface area contributed by atoms with Gasteiger partial charge in [-0.25, -0.2) is 4.98 Å². The van der Waals surface area contributed by atoms with E-state index in [0.29, 0.717) is 0 Å². The van der Waals surface area contributed by atoms with Crippen LogP contribution < -0.4 is 10.2 Å². The van der Waals surface area contributed by atoms with E-state index in [1.165, 1.54) is 11.1 Å². The largest absolute Gasteiger partial charge is 0.369 e. The summed E-state index contributed by atoms with van der Waals surface area (Å²) in [7, 11) is 2.03. The van der Waals surface area contributed by atoms with Crippen LogP contribution in [0.15, 0.2) is 36.7 Å². The van der Waals surface area contributed by atoms with Crippen LogP contribution in [0.1, 0.15) is 18.1 Å². The van der Waals surface area contributed by atoms with E-state index in [-0.39, 0.29) is 0 Å². The molecule has 0 amide bonds. The van der Waals surface area contributed by atoms with Gasteiger partial charge in [-0.3, -0.25) is 4.98 Å². The number of aromatic nitrogens is 2. The van der Waals surface area contributed by atoms with Gasteiger partial charge in [0.2, 0.25) is 0 Å². The van der Waals surface area contributed by atoms with E-state index >= 15 is 0 Å². The summed E-state index contributed by atoms with van der Waals surface area (Å²) in [6.45, 7) is 5.81. The van der Waals surface area contributed by atoms with E-state index in [9.17, 15) is 0 Å². The topological polar surface area (TPSA) is 41.1 Å². The van der Waals surface area contributed by atoms with Crippen LogP contribution >= 0.6 is 0 Å². The fourth-order valence-corrected chi connectivity index (χ4v) is 1.85. The molecular formula is C15H20N4. The highest BCUT2D eigenvalue weighted by Crippen LogP contribution is 2.14. The van der Waals surface area contributed by atoms with E-state index in [4.69, 9.17) is 0 Å². The van der Waals surface area contributed by atoms with Crippen molar-refractivity contribution in [2.45, 2.75) is 20.4 Å². The zero-order valence-electron chi connectivity index (χ0n) is 11.7. The second-order valence-corrected chi connectivity index (χ2v) is 4.63. The standard InChI is InChI=1S/C15H20N4/c1-4-17-14-9-16-10-15(18-14)19(3)11-13-7-5-12(2)6-8-13/h5-10H,4,11H2,1-3H3,(H,17,18). The summed E-state index contributed by atoms with van der Waals surface area (Å²) < 4.78 is 0. The molecule has 2 aromatic rings. The lowest BCUT2D eigenvalue weighted by Gasteiger charge is -2.18. The van der Waals surface area contributed by atoms with Crippen molar-refractivity contribution in [2.24, 2.45) is 0 Å². The van der Waals surface area contributed by atoms with Crippen LogP contribution in [0.2, 0.25) is 0 Å². The van der Waals surface area contributed by atoms with Gasteiger partial charge in [0, 0.05) is 20.1 Å². The summed E-state index contributed by atoms with van der Waals surface area (Å²) in [5.41, 5.74) is 2.55. The van der Waals surface area contributed by atoms with Gasteiger partial charge in [0.25, 0.3) is 0 Å². The fourth-order valence-electron chi connectivity index (χ4n) is 1.85. The second kappa shape index (κ2) is 6.18. The Morgan fingerprint density at radius 1 is 1.16 bits per heavy atom. The summed E-state index contributed by atoms with van der Waals surface area (Å²) in [6.07, 6.45) is 3.53. The van der Waals surface area contributed by atoms with Crippen molar-refractivity contribution in [3.63, 3.8) is 0 Å². The maximum atomic E-state index is 4.53. The third kappa shape index (κ3) is 3.68. The predicted octanol–water partition coefficient (Wildman–Crippen LogP) is 2.85. The molecule has 1 N–H and O–H groups in total. The molecule has 19 heavy (non-hydrogen) atoms. The molecule has 1 aromatic heterocycles. The Labute approximate surface area is 114 Å². The van der Waals surface area contributed by atoms with Crippen molar-refractivity contribution >= 4 is 11.6 Å². The Morgan fingerprint density at radius 2 is 1.89 bits per heavy atom. The minimum Gasteiger partial charge on any atom is -0.369 e. The van der Waals surface area contributed by atoms with Crippen LogP contribution in [0.5, 0.6) is 0 Å². The van der Waals surface area contributed by atoms with Gasteiger partial charge in [0.15, 0.2) is 0 Å². The molecule has 0 saturated heterocycles. The van der Waals surface area contributed by atoms with Crippen molar-refractivity contribution in [3.8, 4) is 0 Å². The molecule has 0 aliphatic heterocycles. The molecule has 4 nitrogen and oxygen atoms in total. The first-order chi connectivity index (χ1) is 9.19. The van der Waals surface area contributed by atoms with E-state index < -0.39 is 0 Å². The molecule has 0 unspecified atom stereocenters. The highest BCUT2D eigenvalue weighted by Gasteiger charge is 2.05. The molecule has 1 aromatic carbocycles. The van der Waals surface area contributed by atoms with Crippen LogP contribution in [0.3, 0.4) is 0 Å². The van der Waals surface area contributed by atoms with Gasteiger partial charge in [-0.2, -0.15) is 0 Å². The second-order valence-electron chi connectivity index (χ2n) is 4.63. The maximum Gasteiger partial charge on any atom is 0.149 e. The summed E-state index contributed by atoms with van der Waals surface area (Å²) in [6, 6.07) is 8.55. The molecule has 0 aliphatic rings. The van der Waals surface area contributed by atoms with E-state index in [2.05, 4.69) is 51.4 Å². The first kappa shape index (κ1) is 13.3. The monoisotopic (exact) mass is 256 g/mol. The zero-order valence-corrected chi connectivity index (χ0v) is 11.7. The molecule has 2 rings (SSSR count). The zero-order chi connectivity index (χ0) is 13.7. The quantitative estimate of drug-likeness (QED) is 0.893. The lowest BCUT2D eigenvalue weighted by atomic mass is 10.1. The van der Waals surface area contributed by atoms with Gasteiger partial charge in [-0.1, -0.05) is 29.8 Å². The summed E-state index contributed by atoms with van der Waals surface area (Å²) in [5, 5.41) is 3.17. The number of anilines is 2. The van der Waals surface area contributed by atoms with Crippen molar-refractivity contribution < 1.29 is 0 Å². The van der Waals surface area contributed by atoms with Gasteiger partial charge in [-0.15, -0.1) is 0 Å². The number of hydrogen-bond donors (Lipinski definition) is 1. The molecule has 1 heterocycles. The SMILES string of the molecule is CCNc1cncc(N(C)Cc2ccc(C)cc2)n1. The van der Waals surface area contributed by atoms with Gasteiger partial charge in [0.05, 0.1) is 12.4 Å². The smallest absolute Gasteiger partial charge is 0.149 e. The Bertz CT molecular complexity index is 522. The summed E-state index contributed by atoms with van der Waals surface area (Å²) in [4.78, 5) is 10.8. The predicted molar refractivity (Wildman–Crippen MR) is 79.5 cm³/mol. The number of rotatable bonds is 5. The number of nitrogens with zero attached hydrogens (tertiary/aromatic N) is 3. The number of benzene rings is 1. The number of aryl methyl sites for hydroxylation is 1. The highest BCUT2D eigenvalue weighted by molar-refractivity contribution is 5.43. The fraction of sp³-hybridized carbons (Fsp3) is 0.333. The summed E-state index contributed by atoms with van der Waals surface area (Å²) >= 11 is 0. The molecule has 0 spiro atoms. The Kier molecular flexibility index (Phi) is 4.34. The summed E-state index contributed by atoms with van der Waals surface area (Å²) in [5.74, 6) is 1.69. The Hall–Kier alpha value is -2.10. The lowest BCUT2D eigenvalue weighted by molar-refractivity contribution is 0.889. The molecular weight excluding hydrogens is 236 g/mol. The van der Waals surface area contributed by atoms with Crippen LogP contribution in [-0.2, 0) is 6.54 Å². The average Bonchev–Trinajstić information content (AvgIpc) is 2.42. The minimum atomic E-state index is 0.816. The molecule has 0 saturated carbocycles. The molecule has 0 fully saturated rings. The third-order valence-corrected chi connectivity index (χ3v) is 2.91. The normalized spacial score (nSPS) is 10.3. The Balaban J connectivity index is 2.08. The lowest BCUT2D eigenvalue weighted by Crippen LogP contribution is -2.18. The van der Waals surface area contributed by atoms with Gasteiger partial charge >= 0.3 is 0 Å². The third-order valence-electron chi connectivity index (χ3n) is 2.91. The van der Waals surface area contributed by atoms with Crippen molar-refractivity contribution in [1.29, 1.82) is 0 Å². The van der Waals surface area contributed by atoms with Crippen molar-refractivity contribution in [3.05, 3.63) is 47.8 Å². The van der Waals surface area contributed by atoms with Crippen LogP contribution in [0, 0.1) is 6.92 Å². The van der Waals surface area contributed by atoms with Crippen LogP contribution in [-0.4, -0.2) is 23.6 Å². The number of nitrogens with one attached hydrogen (secondary N) is 1.